The third-order valence-corrected chi connectivity index (χ3v) is 5.09. The summed E-state index contributed by atoms with van der Waals surface area (Å²) >= 11 is 1.67. The number of aromatic nitrogens is 2. The van der Waals surface area contributed by atoms with E-state index in [-0.39, 0.29) is 5.91 Å². The molecule has 4 nitrogen and oxygen atoms in total. The maximum Gasteiger partial charge on any atom is 0.219 e. The summed E-state index contributed by atoms with van der Waals surface area (Å²) in [4.78, 5) is 23.6. The number of likely N-dealkylation sites (tertiary alicyclic amines) is 1. The van der Waals surface area contributed by atoms with Crippen molar-refractivity contribution in [3.05, 3.63) is 35.0 Å². The highest BCUT2D eigenvalue weighted by Gasteiger charge is 2.21. The molecule has 3 heterocycles. The number of carbonyl (C=O) groups excluding carboxylic acids is 1. The summed E-state index contributed by atoms with van der Waals surface area (Å²) in [7, 11) is 0. The minimum Gasteiger partial charge on any atom is -0.343 e. The first kappa shape index (κ1) is 15.2. The third kappa shape index (κ3) is 3.53. The number of aryl methyl sites for hydroxylation is 1. The number of pyridine rings is 1. The zero-order valence-corrected chi connectivity index (χ0v) is 13.9. The Labute approximate surface area is 135 Å². The van der Waals surface area contributed by atoms with Crippen LogP contribution < -0.4 is 0 Å². The number of carbonyl (C=O) groups is 1. The lowest BCUT2D eigenvalue weighted by molar-refractivity contribution is -0.130. The van der Waals surface area contributed by atoms with Crippen LogP contribution in [0.2, 0.25) is 0 Å². The van der Waals surface area contributed by atoms with Crippen molar-refractivity contribution in [3.8, 4) is 10.7 Å². The molecule has 0 spiro atoms. The zero-order valence-electron chi connectivity index (χ0n) is 13.1. The van der Waals surface area contributed by atoms with Gasteiger partial charge in [0.1, 0.15) is 5.01 Å². The van der Waals surface area contributed by atoms with Gasteiger partial charge in [-0.05, 0) is 49.8 Å². The highest BCUT2D eigenvalue weighted by atomic mass is 32.1. The molecule has 0 saturated carbocycles. The smallest absolute Gasteiger partial charge is 0.219 e. The Kier molecular flexibility index (Phi) is 4.52. The largest absolute Gasteiger partial charge is 0.343 e. The van der Waals surface area contributed by atoms with E-state index in [9.17, 15) is 4.79 Å². The molecule has 1 aliphatic rings. The summed E-state index contributed by atoms with van der Waals surface area (Å²) in [5.74, 6) is 0.740. The van der Waals surface area contributed by atoms with Gasteiger partial charge in [0, 0.05) is 37.3 Å². The molecule has 0 aromatic carbocycles. The molecule has 116 valence electrons. The zero-order chi connectivity index (χ0) is 15.5. The molecule has 1 aliphatic heterocycles. The molecule has 2 aromatic rings. The van der Waals surface area contributed by atoms with E-state index in [0.29, 0.717) is 5.92 Å². The molecular weight excluding hydrogens is 294 g/mol. The van der Waals surface area contributed by atoms with Gasteiger partial charge in [0.15, 0.2) is 0 Å². The fourth-order valence-electron chi connectivity index (χ4n) is 3.04. The van der Waals surface area contributed by atoms with Gasteiger partial charge < -0.3 is 4.90 Å². The molecular formula is C17H21N3OS. The van der Waals surface area contributed by atoms with Gasteiger partial charge in [-0.15, -0.1) is 11.3 Å². The second kappa shape index (κ2) is 6.57. The standard InChI is InChI=1S/C17H21N3OS/c1-12-10-19-17(22-12)16-9-14(5-6-18-16)8-15-4-3-7-20(11-15)13(2)21/h5-6,9-10,15H,3-4,7-8,11H2,1-2H3. The number of rotatable bonds is 3. The van der Waals surface area contributed by atoms with E-state index in [1.807, 2.05) is 17.3 Å². The van der Waals surface area contributed by atoms with Crippen molar-refractivity contribution >= 4 is 17.2 Å². The van der Waals surface area contributed by atoms with Crippen molar-refractivity contribution in [2.45, 2.75) is 33.1 Å². The van der Waals surface area contributed by atoms with Gasteiger partial charge in [0.05, 0.1) is 5.69 Å². The van der Waals surface area contributed by atoms with Gasteiger partial charge in [0.25, 0.3) is 0 Å². The second-order valence-electron chi connectivity index (χ2n) is 6.00. The number of thiazole rings is 1. The van der Waals surface area contributed by atoms with Gasteiger partial charge in [-0.1, -0.05) is 0 Å². The first-order chi connectivity index (χ1) is 10.6. The summed E-state index contributed by atoms with van der Waals surface area (Å²) in [6.07, 6.45) is 7.06. The molecule has 1 amide bonds. The molecule has 1 atom stereocenters. The monoisotopic (exact) mass is 315 g/mol. The number of hydrogen-bond donors (Lipinski definition) is 0. The molecule has 2 aromatic heterocycles. The van der Waals surface area contributed by atoms with E-state index in [0.717, 1.165) is 36.6 Å². The van der Waals surface area contributed by atoms with Crippen LogP contribution in [0.1, 0.15) is 30.2 Å². The lowest BCUT2D eigenvalue weighted by Gasteiger charge is -2.32. The van der Waals surface area contributed by atoms with Crippen LogP contribution >= 0.6 is 11.3 Å². The van der Waals surface area contributed by atoms with Crippen LogP contribution in [0.25, 0.3) is 10.7 Å². The number of amides is 1. The van der Waals surface area contributed by atoms with E-state index < -0.39 is 0 Å². The van der Waals surface area contributed by atoms with Gasteiger partial charge in [-0.2, -0.15) is 0 Å². The van der Waals surface area contributed by atoms with E-state index in [2.05, 4.69) is 29.0 Å². The highest BCUT2D eigenvalue weighted by molar-refractivity contribution is 7.14. The lowest BCUT2D eigenvalue weighted by Crippen LogP contribution is -2.39. The fourth-order valence-corrected chi connectivity index (χ4v) is 3.77. The number of hydrogen-bond acceptors (Lipinski definition) is 4. The molecule has 0 aliphatic carbocycles. The van der Waals surface area contributed by atoms with Crippen molar-refractivity contribution in [2.24, 2.45) is 5.92 Å². The molecule has 22 heavy (non-hydrogen) atoms. The van der Waals surface area contributed by atoms with Crippen LogP contribution in [0, 0.1) is 12.8 Å². The van der Waals surface area contributed by atoms with Crippen molar-refractivity contribution in [3.63, 3.8) is 0 Å². The van der Waals surface area contributed by atoms with Crippen LogP contribution in [0.3, 0.4) is 0 Å². The Balaban J connectivity index is 1.71. The SMILES string of the molecule is CC(=O)N1CCCC(Cc2ccnc(-c3ncc(C)s3)c2)C1. The van der Waals surface area contributed by atoms with Crippen molar-refractivity contribution in [1.82, 2.24) is 14.9 Å². The van der Waals surface area contributed by atoms with Crippen LogP contribution in [0.4, 0.5) is 0 Å². The molecule has 1 unspecified atom stereocenters. The second-order valence-corrected chi connectivity index (χ2v) is 7.24. The molecule has 0 bridgehead atoms. The molecule has 0 radical (unpaired) electrons. The number of piperidine rings is 1. The van der Waals surface area contributed by atoms with E-state index in [1.165, 1.54) is 16.9 Å². The Morgan fingerprint density at radius 2 is 2.32 bits per heavy atom. The Hall–Kier alpha value is -1.75. The summed E-state index contributed by atoms with van der Waals surface area (Å²) in [5, 5.41) is 0.980. The molecule has 5 heteroatoms. The predicted molar refractivity (Wildman–Crippen MR) is 88.8 cm³/mol. The summed E-state index contributed by atoms with van der Waals surface area (Å²) in [6, 6.07) is 4.22. The first-order valence-corrected chi connectivity index (χ1v) is 8.56. The third-order valence-electron chi connectivity index (χ3n) is 4.15. The summed E-state index contributed by atoms with van der Waals surface area (Å²) in [5.41, 5.74) is 2.24. The maximum absolute atomic E-state index is 11.5. The average molecular weight is 315 g/mol. The lowest BCUT2D eigenvalue weighted by atomic mass is 9.91. The van der Waals surface area contributed by atoms with E-state index in [1.54, 1.807) is 18.3 Å². The minimum absolute atomic E-state index is 0.193. The summed E-state index contributed by atoms with van der Waals surface area (Å²) < 4.78 is 0. The van der Waals surface area contributed by atoms with Crippen LogP contribution in [0.15, 0.2) is 24.5 Å². The fraction of sp³-hybridized carbons (Fsp3) is 0.471. The van der Waals surface area contributed by atoms with Crippen LogP contribution in [-0.2, 0) is 11.2 Å². The predicted octanol–water partition coefficient (Wildman–Crippen LogP) is 3.31. The molecule has 1 fully saturated rings. The van der Waals surface area contributed by atoms with Crippen molar-refractivity contribution < 1.29 is 4.79 Å². The number of nitrogens with zero attached hydrogens (tertiary/aromatic N) is 3. The molecule has 3 rings (SSSR count). The highest BCUT2D eigenvalue weighted by Crippen LogP contribution is 2.26. The Morgan fingerprint density at radius 1 is 1.45 bits per heavy atom. The molecule has 0 N–H and O–H groups in total. The Bertz CT molecular complexity index is 667. The quantitative estimate of drug-likeness (QED) is 0.873. The van der Waals surface area contributed by atoms with Gasteiger partial charge >= 0.3 is 0 Å². The maximum atomic E-state index is 11.5. The Morgan fingerprint density at radius 3 is 3.05 bits per heavy atom. The van der Waals surface area contributed by atoms with Crippen molar-refractivity contribution in [1.29, 1.82) is 0 Å². The van der Waals surface area contributed by atoms with Gasteiger partial charge in [-0.3, -0.25) is 9.78 Å². The van der Waals surface area contributed by atoms with E-state index in [4.69, 9.17) is 0 Å². The van der Waals surface area contributed by atoms with Gasteiger partial charge in [0.2, 0.25) is 5.91 Å². The summed E-state index contributed by atoms with van der Waals surface area (Å²) in [6.45, 7) is 5.51. The topological polar surface area (TPSA) is 46.1 Å². The molecule has 1 saturated heterocycles. The van der Waals surface area contributed by atoms with Gasteiger partial charge in [-0.25, -0.2) is 4.98 Å². The minimum atomic E-state index is 0.193. The normalized spacial score (nSPS) is 18.5. The average Bonchev–Trinajstić information content (AvgIpc) is 2.94. The van der Waals surface area contributed by atoms with E-state index >= 15 is 0 Å². The van der Waals surface area contributed by atoms with Crippen LogP contribution in [0.5, 0.6) is 0 Å². The first-order valence-electron chi connectivity index (χ1n) is 7.75. The van der Waals surface area contributed by atoms with Crippen molar-refractivity contribution in [2.75, 3.05) is 13.1 Å². The van der Waals surface area contributed by atoms with Crippen LogP contribution in [-0.4, -0.2) is 33.9 Å².